The zero-order valence-electron chi connectivity index (χ0n) is 5.71. The second-order valence-electron chi connectivity index (χ2n) is 3.76. The molecule has 5 atom stereocenters. The first kappa shape index (κ1) is 4.73. The first-order chi connectivity index (χ1) is 4.43. The van der Waals surface area contributed by atoms with Crippen LogP contribution in [0, 0.1) is 23.7 Å². The lowest BCUT2D eigenvalue weighted by Gasteiger charge is -2.34. The molecule has 0 bridgehead atoms. The normalized spacial score (nSPS) is 67.0. The maximum absolute atomic E-state index is 5.37. The summed E-state index contributed by atoms with van der Waals surface area (Å²) in [7, 11) is 1.87. The van der Waals surface area contributed by atoms with Gasteiger partial charge in [-0.15, -0.1) is 0 Å². The third kappa shape index (κ3) is 0.337. The summed E-state index contributed by atoms with van der Waals surface area (Å²) in [5, 5.41) is 0. The molecule has 0 amide bonds. The molecule has 0 heterocycles. The Kier molecular flexibility index (Phi) is 0.628. The molecule has 0 aliphatic heterocycles. The third-order valence-corrected chi connectivity index (χ3v) is 3.69. The van der Waals surface area contributed by atoms with Gasteiger partial charge in [0.25, 0.3) is 0 Å². The van der Waals surface area contributed by atoms with Gasteiger partial charge in [-0.2, -0.15) is 0 Å². The molecule has 50 valence electrons. The molecule has 0 unspecified atom stereocenters. The van der Waals surface area contributed by atoms with Gasteiger partial charge in [0.05, 0.1) is 6.10 Å². The van der Waals surface area contributed by atoms with Crippen molar-refractivity contribution in [3.05, 3.63) is 0 Å². The van der Waals surface area contributed by atoms with Gasteiger partial charge in [0.2, 0.25) is 0 Å². The second kappa shape index (κ2) is 1.20. The van der Waals surface area contributed by atoms with Crippen molar-refractivity contribution in [2.45, 2.75) is 18.9 Å². The van der Waals surface area contributed by atoms with Crippen LogP contribution in [-0.4, -0.2) is 13.2 Å². The molecule has 0 N–H and O–H groups in total. The molecule has 0 spiro atoms. The van der Waals surface area contributed by atoms with Gasteiger partial charge in [-0.3, -0.25) is 0 Å². The molecule has 9 heavy (non-hydrogen) atoms. The lowest BCUT2D eigenvalue weighted by Crippen LogP contribution is -2.37. The first-order valence-electron chi connectivity index (χ1n) is 3.96. The molecule has 1 nitrogen and oxygen atoms in total. The summed E-state index contributed by atoms with van der Waals surface area (Å²) in [4.78, 5) is 0. The fourth-order valence-corrected chi connectivity index (χ4v) is 3.31. The fraction of sp³-hybridized carbons (Fsp3) is 1.00. The Bertz CT molecular complexity index is 151. The SMILES string of the molecule is CO[C@@H]1[C@H]2CC[C@H]3[C@H]2[C@@H]31. The largest absolute Gasteiger partial charge is 0.381 e. The van der Waals surface area contributed by atoms with Crippen LogP contribution in [0.15, 0.2) is 0 Å². The van der Waals surface area contributed by atoms with Gasteiger partial charge >= 0.3 is 0 Å². The minimum absolute atomic E-state index is 0.689. The number of rotatable bonds is 1. The van der Waals surface area contributed by atoms with Crippen molar-refractivity contribution in [2.24, 2.45) is 23.7 Å². The van der Waals surface area contributed by atoms with Crippen molar-refractivity contribution in [1.29, 1.82) is 0 Å². The lowest BCUT2D eigenvalue weighted by atomic mass is 9.79. The van der Waals surface area contributed by atoms with Gasteiger partial charge in [0, 0.05) is 7.11 Å². The predicted octanol–water partition coefficient (Wildman–Crippen LogP) is 1.29. The summed E-state index contributed by atoms with van der Waals surface area (Å²) in [6, 6.07) is 0. The summed E-state index contributed by atoms with van der Waals surface area (Å²) in [5.41, 5.74) is 0. The monoisotopic (exact) mass is 124 g/mol. The fourth-order valence-electron chi connectivity index (χ4n) is 3.31. The van der Waals surface area contributed by atoms with E-state index in [1.165, 1.54) is 12.8 Å². The van der Waals surface area contributed by atoms with Crippen molar-refractivity contribution in [1.82, 2.24) is 0 Å². The van der Waals surface area contributed by atoms with Crippen molar-refractivity contribution < 1.29 is 4.74 Å². The Balaban J connectivity index is 1.86. The van der Waals surface area contributed by atoms with E-state index in [1.807, 2.05) is 7.11 Å². The van der Waals surface area contributed by atoms with Crippen LogP contribution in [-0.2, 0) is 4.74 Å². The highest BCUT2D eigenvalue weighted by molar-refractivity contribution is 5.20. The van der Waals surface area contributed by atoms with Crippen LogP contribution >= 0.6 is 0 Å². The number of fused-ring (bicyclic) bond motifs is 1. The minimum atomic E-state index is 0.689. The highest BCUT2D eigenvalue weighted by atomic mass is 16.5. The summed E-state index contributed by atoms with van der Waals surface area (Å²) >= 11 is 0. The van der Waals surface area contributed by atoms with E-state index in [4.69, 9.17) is 4.74 Å². The summed E-state index contributed by atoms with van der Waals surface area (Å²) < 4.78 is 5.37. The molecule has 0 aromatic rings. The van der Waals surface area contributed by atoms with Crippen LogP contribution in [0.3, 0.4) is 0 Å². The average molecular weight is 124 g/mol. The molecule has 1 heteroatoms. The van der Waals surface area contributed by atoms with E-state index in [1.54, 1.807) is 0 Å². The predicted molar refractivity (Wildman–Crippen MR) is 34.0 cm³/mol. The molecule has 3 rings (SSSR count). The van der Waals surface area contributed by atoms with E-state index in [2.05, 4.69) is 0 Å². The number of methoxy groups -OCH3 is 1. The Morgan fingerprint density at radius 1 is 1.11 bits per heavy atom. The van der Waals surface area contributed by atoms with Crippen LogP contribution in [0.2, 0.25) is 0 Å². The first-order valence-corrected chi connectivity index (χ1v) is 3.96. The summed E-state index contributed by atoms with van der Waals surface area (Å²) in [6.07, 6.45) is 3.67. The molecule has 0 aromatic heterocycles. The average Bonchev–Trinajstić information content (AvgIpc) is 2.31. The van der Waals surface area contributed by atoms with E-state index in [0.717, 1.165) is 23.7 Å². The third-order valence-electron chi connectivity index (χ3n) is 3.69. The molecule has 3 saturated carbocycles. The van der Waals surface area contributed by atoms with Crippen molar-refractivity contribution in [3.8, 4) is 0 Å². The van der Waals surface area contributed by atoms with Gasteiger partial charge in [-0.1, -0.05) is 0 Å². The second-order valence-corrected chi connectivity index (χ2v) is 3.76. The van der Waals surface area contributed by atoms with E-state index < -0.39 is 0 Å². The Morgan fingerprint density at radius 2 is 1.89 bits per heavy atom. The Hall–Kier alpha value is -0.0400. The van der Waals surface area contributed by atoms with Gasteiger partial charge in [-0.05, 0) is 36.5 Å². The van der Waals surface area contributed by atoms with Crippen LogP contribution in [0.1, 0.15) is 12.8 Å². The maximum Gasteiger partial charge on any atom is 0.0636 e. The van der Waals surface area contributed by atoms with Gasteiger partial charge in [0.15, 0.2) is 0 Å². The smallest absolute Gasteiger partial charge is 0.0636 e. The molecular weight excluding hydrogens is 112 g/mol. The standard InChI is InChI=1S/C8H12O/c1-9-8-5-3-2-4-6(5)7(4)8/h4-8H,2-3H2,1H3/t4-,5-,6+,7+,8+/m0/s1. The van der Waals surface area contributed by atoms with Crippen molar-refractivity contribution in [3.63, 3.8) is 0 Å². The van der Waals surface area contributed by atoms with Gasteiger partial charge < -0.3 is 4.74 Å². The highest BCUT2D eigenvalue weighted by Crippen LogP contribution is 2.73. The molecule has 0 radical (unpaired) electrons. The molecule has 0 saturated heterocycles. The molecule has 3 fully saturated rings. The number of hydrogen-bond acceptors (Lipinski definition) is 1. The van der Waals surface area contributed by atoms with Crippen LogP contribution in [0.4, 0.5) is 0 Å². The Morgan fingerprint density at radius 3 is 2.22 bits per heavy atom. The van der Waals surface area contributed by atoms with E-state index in [0.29, 0.717) is 6.10 Å². The zero-order valence-corrected chi connectivity index (χ0v) is 5.71. The van der Waals surface area contributed by atoms with Crippen LogP contribution in [0.25, 0.3) is 0 Å². The summed E-state index contributed by atoms with van der Waals surface area (Å²) in [5.74, 6) is 4.26. The lowest BCUT2D eigenvalue weighted by molar-refractivity contribution is -0.0352. The van der Waals surface area contributed by atoms with Crippen LogP contribution in [0.5, 0.6) is 0 Å². The topological polar surface area (TPSA) is 9.23 Å². The quantitative estimate of drug-likeness (QED) is 0.511. The molecule has 0 aromatic carbocycles. The number of ether oxygens (including phenoxy) is 1. The van der Waals surface area contributed by atoms with E-state index in [9.17, 15) is 0 Å². The summed E-state index contributed by atoms with van der Waals surface area (Å²) in [6.45, 7) is 0. The Labute approximate surface area is 55.4 Å². The van der Waals surface area contributed by atoms with Gasteiger partial charge in [-0.25, -0.2) is 0 Å². The zero-order chi connectivity index (χ0) is 6.01. The molecule has 3 aliphatic carbocycles. The van der Waals surface area contributed by atoms with Crippen LogP contribution < -0.4 is 0 Å². The van der Waals surface area contributed by atoms with E-state index >= 15 is 0 Å². The van der Waals surface area contributed by atoms with Crippen molar-refractivity contribution in [2.75, 3.05) is 7.11 Å². The highest BCUT2D eigenvalue weighted by Gasteiger charge is 2.72. The molecule has 3 aliphatic rings. The number of hydrogen-bond donors (Lipinski definition) is 0. The van der Waals surface area contributed by atoms with Gasteiger partial charge in [0.1, 0.15) is 0 Å². The minimum Gasteiger partial charge on any atom is -0.381 e. The van der Waals surface area contributed by atoms with Crippen molar-refractivity contribution >= 4 is 0 Å². The molecular formula is C8H12O. The van der Waals surface area contributed by atoms with E-state index in [-0.39, 0.29) is 0 Å². The maximum atomic E-state index is 5.37.